The number of hydrogen-bond donors (Lipinski definition) is 0. The van der Waals surface area contributed by atoms with E-state index in [1.165, 1.54) is 24.3 Å². The number of nitro groups is 1. The molecular weight excluding hydrogens is 322 g/mol. The van der Waals surface area contributed by atoms with Crippen LogP contribution in [0.4, 0.5) is 5.69 Å². The third kappa shape index (κ3) is 2.45. The van der Waals surface area contributed by atoms with E-state index in [9.17, 15) is 14.9 Å². The summed E-state index contributed by atoms with van der Waals surface area (Å²) in [5.74, 6) is -0.368. The highest BCUT2D eigenvalue weighted by Crippen LogP contribution is 2.28. The standard InChI is InChI=1S/C17H9N5O3/c23-17(10-3-5-11(6-4-10)22(24)25)15-12-7-9-18-13-2-1-8-19-16(13)14(12)20-21-15/h1-9H. The first-order valence-corrected chi connectivity index (χ1v) is 7.30. The average Bonchev–Trinajstić information content (AvgIpc) is 2.96. The smallest absolute Gasteiger partial charge is 0.269 e. The van der Waals surface area contributed by atoms with Crippen molar-refractivity contribution in [3.05, 3.63) is 76.2 Å². The van der Waals surface area contributed by atoms with Gasteiger partial charge in [0.2, 0.25) is 5.78 Å². The maximum Gasteiger partial charge on any atom is 0.269 e. The number of aromatic nitrogens is 4. The van der Waals surface area contributed by atoms with Gasteiger partial charge in [-0.25, -0.2) is 0 Å². The lowest BCUT2D eigenvalue weighted by Crippen LogP contribution is -2.03. The molecule has 0 spiro atoms. The molecule has 1 aromatic carbocycles. The molecule has 0 fully saturated rings. The predicted octanol–water partition coefficient (Wildman–Crippen LogP) is 2.66. The number of hydrogen-bond acceptors (Lipinski definition) is 7. The first kappa shape index (κ1) is 14.8. The first-order valence-electron chi connectivity index (χ1n) is 7.30. The van der Waals surface area contributed by atoms with Crippen LogP contribution >= 0.6 is 0 Å². The minimum atomic E-state index is -0.518. The van der Waals surface area contributed by atoms with Crippen molar-refractivity contribution < 1.29 is 9.72 Å². The molecule has 0 saturated heterocycles. The van der Waals surface area contributed by atoms with E-state index >= 15 is 0 Å². The molecule has 4 rings (SSSR count). The zero-order valence-electron chi connectivity index (χ0n) is 12.7. The number of nitrogens with zero attached hydrogens (tertiary/aromatic N) is 5. The average molecular weight is 331 g/mol. The lowest BCUT2D eigenvalue weighted by Gasteiger charge is -1.99. The summed E-state index contributed by atoms with van der Waals surface area (Å²) in [6.07, 6.45) is 3.19. The second kappa shape index (κ2) is 5.68. The van der Waals surface area contributed by atoms with Gasteiger partial charge in [0.25, 0.3) is 5.69 Å². The van der Waals surface area contributed by atoms with Crippen molar-refractivity contribution in [1.82, 2.24) is 20.2 Å². The Morgan fingerprint density at radius 1 is 0.960 bits per heavy atom. The van der Waals surface area contributed by atoms with Gasteiger partial charge in [-0.1, -0.05) is 0 Å². The summed E-state index contributed by atoms with van der Waals surface area (Å²) in [5, 5.41) is 18.8. The lowest BCUT2D eigenvalue weighted by molar-refractivity contribution is -0.384. The van der Waals surface area contributed by atoms with Crippen LogP contribution in [-0.2, 0) is 0 Å². The number of nitro benzene ring substituents is 1. The molecule has 0 saturated carbocycles. The van der Waals surface area contributed by atoms with E-state index in [2.05, 4.69) is 20.2 Å². The highest BCUT2D eigenvalue weighted by molar-refractivity contribution is 6.12. The number of carbonyl (C=O) groups excluding carboxylic acids is 1. The molecule has 120 valence electrons. The quantitative estimate of drug-likeness (QED) is 0.322. The lowest BCUT2D eigenvalue weighted by atomic mass is 10.0. The van der Waals surface area contributed by atoms with Gasteiger partial charge < -0.3 is 0 Å². The van der Waals surface area contributed by atoms with Crippen LogP contribution in [0.3, 0.4) is 0 Å². The van der Waals surface area contributed by atoms with Gasteiger partial charge in [0.05, 0.1) is 10.4 Å². The van der Waals surface area contributed by atoms with Gasteiger partial charge in [0, 0.05) is 35.7 Å². The van der Waals surface area contributed by atoms with Crippen LogP contribution in [0.2, 0.25) is 0 Å². The third-order valence-electron chi connectivity index (χ3n) is 3.78. The summed E-state index contributed by atoms with van der Waals surface area (Å²) < 4.78 is 0. The van der Waals surface area contributed by atoms with E-state index in [0.717, 1.165) is 0 Å². The van der Waals surface area contributed by atoms with Crippen LogP contribution in [0.25, 0.3) is 22.3 Å². The number of benzene rings is 1. The van der Waals surface area contributed by atoms with Gasteiger partial charge in [-0.3, -0.25) is 24.9 Å². The van der Waals surface area contributed by atoms with Gasteiger partial charge in [-0.05, 0) is 30.3 Å². The van der Waals surface area contributed by atoms with E-state index in [-0.39, 0.29) is 17.2 Å². The molecule has 2 aliphatic rings. The number of carbonyl (C=O) groups is 1. The Labute approximate surface area is 140 Å². The molecule has 0 N–H and O–H groups in total. The van der Waals surface area contributed by atoms with Crippen LogP contribution in [0.15, 0.2) is 54.9 Å². The van der Waals surface area contributed by atoms with Gasteiger partial charge in [-0.2, -0.15) is 0 Å². The van der Waals surface area contributed by atoms with Crippen molar-refractivity contribution in [1.29, 1.82) is 0 Å². The van der Waals surface area contributed by atoms with Gasteiger partial charge >= 0.3 is 0 Å². The fourth-order valence-electron chi connectivity index (χ4n) is 2.57. The zero-order valence-corrected chi connectivity index (χ0v) is 12.7. The number of rotatable bonds is 3. The summed E-state index contributed by atoms with van der Waals surface area (Å²) >= 11 is 0. The van der Waals surface area contributed by atoms with E-state index in [1.54, 1.807) is 30.6 Å². The molecule has 2 aliphatic heterocycles. The van der Waals surface area contributed by atoms with Crippen molar-refractivity contribution in [2.75, 3.05) is 0 Å². The molecule has 3 heterocycles. The molecule has 0 amide bonds. The molecule has 8 heteroatoms. The monoisotopic (exact) mass is 331 g/mol. The van der Waals surface area contributed by atoms with Crippen molar-refractivity contribution in [2.45, 2.75) is 0 Å². The van der Waals surface area contributed by atoms with Crippen LogP contribution in [0.5, 0.6) is 0 Å². The molecule has 8 nitrogen and oxygen atoms in total. The number of fused-ring (bicyclic) bond motifs is 3. The molecule has 25 heavy (non-hydrogen) atoms. The normalized spacial score (nSPS) is 10.9. The minimum Gasteiger partial charge on any atom is -0.287 e. The van der Waals surface area contributed by atoms with Gasteiger partial charge in [0.15, 0.2) is 0 Å². The van der Waals surface area contributed by atoms with Crippen molar-refractivity contribution in [3.63, 3.8) is 0 Å². The summed E-state index contributed by atoms with van der Waals surface area (Å²) in [4.78, 5) is 31.5. The SMILES string of the molecule is O=C(c1ccc([N+](=O)[O-])cc1)c1nnc2c3ncccc3nccc1-2. The maximum atomic E-state index is 12.7. The largest absolute Gasteiger partial charge is 0.287 e. The van der Waals surface area contributed by atoms with Crippen molar-refractivity contribution in [3.8, 4) is 11.3 Å². The van der Waals surface area contributed by atoms with E-state index in [0.29, 0.717) is 27.9 Å². The van der Waals surface area contributed by atoms with E-state index in [4.69, 9.17) is 0 Å². The Bertz CT molecular complexity index is 1090. The minimum absolute atomic E-state index is 0.0826. The fraction of sp³-hybridized carbons (Fsp3) is 0. The van der Waals surface area contributed by atoms with Crippen molar-refractivity contribution in [2.24, 2.45) is 0 Å². The summed E-state index contributed by atoms with van der Waals surface area (Å²) in [7, 11) is 0. The van der Waals surface area contributed by atoms with E-state index < -0.39 is 4.92 Å². The number of pyridine rings is 1. The molecule has 0 aliphatic carbocycles. The maximum absolute atomic E-state index is 12.7. The Kier molecular flexibility index (Phi) is 3.35. The zero-order chi connectivity index (χ0) is 17.4. The molecule has 1 aromatic heterocycles. The predicted molar refractivity (Wildman–Crippen MR) is 88.3 cm³/mol. The molecular formula is C17H9N5O3. The van der Waals surface area contributed by atoms with Crippen LogP contribution in [0, 0.1) is 10.1 Å². The summed E-state index contributed by atoms with van der Waals surface area (Å²) in [5.41, 5.74) is 2.59. The van der Waals surface area contributed by atoms with Gasteiger partial charge in [-0.15, -0.1) is 10.2 Å². The third-order valence-corrected chi connectivity index (χ3v) is 3.78. The Balaban J connectivity index is 1.81. The van der Waals surface area contributed by atoms with E-state index in [1.807, 2.05) is 0 Å². The topological polar surface area (TPSA) is 112 Å². The molecule has 2 aromatic rings. The molecule has 0 bridgehead atoms. The summed E-state index contributed by atoms with van der Waals surface area (Å²) in [6.45, 7) is 0. The number of non-ortho nitro benzene ring substituents is 1. The van der Waals surface area contributed by atoms with Gasteiger partial charge in [0.1, 0.15) is 16.9 Å². The Morgan fingerprint density at radius 2 is 1.76 bits per heavy atom. The second-order valence-corrected chi connectivity index (χ2v) is 5.26. The Hall–Kier alpha value is -3.81. The molecule has 0 atom stereocenters. The van der Waals surface area contributed by atoms with Crippen LogP contribution < -0.4 is 0 Å². The number of ketones is 1. The summed E-state index contributed by atoms with van der Waals surface area (Å²) in [6, 6.07) is 10.6. The second-order valence-electron chi connectivity index (χ2n) is 5.26. The molecule has 0 radical (unpaired) electrons. The van der Waals surface area contributed by atoms with Crippen LogP contribution in [-0.4, -0.2) is 30.9 Å². The Morgan fingerprint density at radius 3 is 2.52 bits per heavy atom. The highest BCUT2D eigenvalue weighted by Gasteiger charge is 2.23. The highest BCUT2D eigenvalue weighted by atomic mass is 16.6. The first-order chi connectivity index (χ1) is 12.1. The fourth-order valence-corrected chi connectivity index (χ4v) is 2.57. The van der Waals surface area contributed by atoms with Crippen molar-refractivity contribution >= 4 is 22.5 Å². The van der Waals surface area contributed by atoms with Crippen LogP contribution in [0.1, 0.15) is 16.1 Å². The molecule has 0 unspecified atom stereocenters.